The van der Waals surface area contributed by atoms with Crippen molar-refractivity contribution in [3.05, 3.63) is 120 Å². The molecule has 10 atom stereocenters. The van der Waals surface area contributed by atoms with E-state index in [9.17, 15) is 72.2 Å². The molecule has 3 aromatic carbocycles. The number of carbonyl (C=O) groups is 14. The van der Waals surface area contributed by atoms with E-state index in [0.717, 1.165) is 4.90 Å². The number of aromatic nitrogens is 2. The molecule has 12 amide bonds. The second-order valence-electron chi connectivity index (χ2n) is 25.8. The Kier molecular flexibility index (Phi) is 35.3. The number of nitrogens with zero attached hydrogens (tertiary/aromatic N) is 4. The van der Waals surface area contributed by atoms with Gasteiger partial charge in [-0.3, -0.25) is 73.1 Å². The third-order valence-corrected chi connectivity index (χ3v) is 16.8. The molecular formula is C71H100N18O17. The van der Waals surface area contributed by atoms with Gasteiger partial charge < -0.3 is 93.6 Å². The molecule has 0 saturated heterocycles. The average Bonchev–Trinajstić information content (AvgIpc) is 1.66. The summed E-state index contributed by atoms with van der Waals surface area (Å²) in [6.45, 7) is 6.21. The van der Waals surface area contributed by atoms with Crippen LogP contribution in [-0.2, 0) is 96.0 Å². The van der Waals surface area contributed by atoms with E-state index in [0.29, 0.717) is 16.8 Å². The molecule has 35 heteroatoms. The number of anilines is 1. The zero-order valence-electron chi connectivity index (χ0n) is 60.6. The summed E-state index contributed by atoms with van der Waals surface area (Å²) < 4.78 is 10.1. The highest BCUT2D eigenvalue weighted by Gasteiger charge is 2.55. The van der Waals surface area contributed by atoms with Gasteiger partial charge in [-0.25, -0.2) is 9.78 Å². The van der Waals surface area contributed by atoms with Crippen molar-refractivity contribution in [2.24, 2.45) is 23.3 Å². The maximum atomic E-state index is 14.7. The molecule has 1 aliphatic carbocycles. The fourth-order valence-corrected chi connectivity index (χ4v) is 11.2. The largest absolute Gasteiger partial charge is 0.464 e. The second-order valence-corrected chi connectivity index (χ2v) is 25.8. The maximum Gasteiger partial charge on any atom is 0.328 e. The minimum Gasteiger partial charge on any atom is -0.464 e. The number of Topliss-reactive ketones (excluding diaryl/α,β-unsaturated/α-hetero) is 1. The Morgan fingerprint density at radius 2 is 1.24 bits per heavy atom. The van der Waals surface area contributed by atoms with Gasteiger partial charge in [0.05, 0.1) is 62.9 Å². The Balaban J connectivity index is 1.30. The number of carbonyl (C=O) groups excluding carboxylic acids is 14. The quantitative estimate of drug-likeness (QED) is 0.00905. The van der Waals surface area contributed by atoms with E-state index in [2.05, 4.69) is 63.1 Å². The fraction of sp³-hybridized carbons (Fsp3) is 0.493. The Morgan fingerprint density at radius 3 is 1.82 bits per heavy atom. The van der Waals surface area contributed by atoms with Gasteiger partial charge in [-0.2, -0.15) is 0 Å². The van der Waals surface area contributed by atoms with E-state index in [1.807, 2.05) is 0 Å². The monoisotopic (exact) mass is 1480 g/mol. The fourth-order valence-electron chi connectivity index (χ4n) is 11.2. The van der Waals surface area contributed by atoms with E-state index in [-0.39, 0.29) is 102 Å². The zero-order chi connectivity index (χ0) is 78.0. The molecule has 5 rings (SSSR count). The number of rotatable bonds is 46. The lowest BCUT2D eigenvalue weighted by Gasteiger charge is -2.30. The maximum absolute atomic E-state index is 14.7. The van der Waals surface area contributed by atoms with Crippen LogP contribution in [0, 0.1) is 17.2 Å². The van der Waals surface area contributed by atoms with Gasteiger partial charge in [0.25, 0.3) is 0 Å². The molecular weight excluding hydrogens is 1380 g/mol. The Hall–Kier alpha value is -11.2. The van der Waals surface area contributed by atoms with Gasteiger partial charge in [0.15, 0.2) is 11.7 Å². The van der Waals surface area contributed by atoms with Gasteiger partial charge in [-0.1, -0.05) is 92.7 Å². The summed E-state index contributed by atoms with van der Waals surface area (Å²) in [4.78, 5) is 202. The van der Waals surface area contributed by atoms with Crippen LogP contribution in [0.25, 0.3) is 0 Å². The van der Waals surface area contributed by atoms with Crippen molar-refractivity contribution < 1.29 is 81.7 Å². The van der Waals surface area contributed by atoms with Crippen LogP contribution < -0.4 is 69.5 Å². The van der Waals surface area contributed by atoms with Crippen molar-refractivity contribution in [3.8, 4) is 0 Å². The van der Waals surface area contributed by atoms with Crippen molar-refractivity contribution in [2.45, 2.75) is 147 Å². The SMILES string of the molecule is CCOC(=O)C(C)NC(=O)CNC(=O)C(Cc1ccccc1)NC(=O)C(Cc1c[nH]cn1)NC(=O)C(CCCNC(=N)N)NC(=O)C(CC(C)C)NC1C(=O)C1C(CCC(N)=O)NC(=O)C(C)NC(=O)C(CO)NC(=O)CN(C(=O)CN(Cc1ccccc1)C(=O)CN(CCOC)C(C)=O)c1ccccc1. The van der Waals surface area contributed by atoms with Gasteiger partial charge in [0, 0.05) is 70.9 Å². The Bertz CT molecular complexity index is 3630. The molecule has 0 aliphatic heterocycles. The molecule has 0 bridgehead atoms. The van der Waals surface area contributed by atoms with Crippen molar-refractivity contribution in [3.63, 3.8) is 0 Å². The van der Waals surface area contributed by atoms with E-state index < -0.39 is 169 Å². The lowest BCUT2D eigenvalue weighted by molar-refractivity contribution is -0.146. The minimum atomic E-state index is -1.70. The number of aliphatic hydroxyl groups is 1. The van der Waals surface area contributed by atoms with E-state index in [1.165, 1.54) is 62.3 Å². The molecule has 10 unspecified atom stereocenters. The predicted octanol–water partition coefficient (Wildman–Crippen LogP) is -3.04. The number of guanidine groups is 1. The highest BCUT2D eigenvalue weighted by atomic mass is 16.5. The lowest BCUT2D eigenvalue weighted by atomic mass is 10.0. The Morgan fingerprint density at radius 1 is 0.642 bits per heavy atom. The Labute approximate surface area is 614 Å². The van der Waals surface area contributed by atoms with E-state index in [1.54, 1.807) is 99.6 Å². The number of aromatic amines is 1. The number of ketones is 1. The molecule has 1 fully saturated rings. The van der Waals surface area contributed by atoms with Gasteiger partial charge in [-0.05, 0) is 75.6 Å². The first-order valence-electron chi connectivity index (χ1n) is 34.8. The number of imidazole rings is 1. The van der Waals surface area contributed by atoms with Crippen LogP contribution in [0.5, 0.6) is 0 Å². The third-order valence-electron chi connectivity index (χ3n) is 16.8. The second kappa shape index (κ2) is 43.8. The molecule has 1 aromatic heterocycles. The average molecular weight is 1480 g/mol. The summed E-state index contributed by atoms with van der Waals surface area (Å²) in [7, 11) is 1.44. The summed E-state index contributed by atoms with van der Waals surface area (Å²) in [5.41, 5.74) is 12.9. The number of benzene rings is 3. The first-order chi connectivity index (χ1) is 50.5. The summed E-state index contributed by atoms with van der Waals surface area (Å²) in [5, 5.41) is 44.4. The number of primary amides is 1. The first-order valence-corrected chi connectivity index (χ1v) is 34.8. The van der Waals surface area contributed by atoms with Crippen LogP contribution in [-0.4, -0.2) is 234 Å². The number of hydrogen-bond acceptors (Lipinski definition) is 20. The molecule has 17 N–H and O–H groups in total. The normalized spacial score (nSPS) is 15.2. The molecule has 1 saturated carbocycles. The number of H-pyrrole nitrogens is 1. The number of ether oxygens (including phenoxy) is 2. The highest BCUT2D eigenvalue weighted by Crippen LogP contribution is 2.33. The topological polar surface area (TPSA) is 512 Å². The predicted molar refractivity (Wildman–Crippen MR) is 385 cm³/mol. The molecule has 1 aliphatic rings. The molecule has 0 radical (unpaired) electrons. The number of aliphatic hydroxyl groups excluding tert-OH is 1. The number of hydrogen-bond donors (Lipinski definition) is 15. The number of esters is 1. The molecule has 4 aromatic rings. The molecule has 576 valence electrons. The summed E-state index contributed by atoms with van der Waals surface area (Å²) in [6.07, 6.45) is 2.05. The van der Waals surface area contributed by atoms with Crippen LogP contribution in [0.2, 0.25) is 0 Å². The number of para-hydroxylation sites is 1. The molecule has 106 heavy (non-hydrogen) atoms. The van der Waals surface area contributed by atoms with Gasteiger partial charge >= 0.3 is 5.97 Å². The van der Waals surface area contributed by atoms with E-state index >= 15 is 0 Å². The third kappa shape index (κ3) is 29.1. The van der Waals surface area contributed by atoms with Crippen LogP contribution in [0.4, 0.5) is 5.69 Å². The van der Waals surface area contributed by atoms with Crippen molar-refractivity contribution in [1.29, 1.82) is 5.41 Å². The summed E-state index contributed by atoms with van der Waals surface area (Å²) in [5.74, 6) is -12.3. The van der Waals surface area contributed by atoms with Crippen molar-refractivity contribution in [1.82, 2.24) is 72.9 Å². The van der Waals surface area contributed by atoms with Crippen LogP contribution >= 0.6 is 0 Å². The van der Waals surface area contributed by atoms with Gasteiger partial charge in [-0.15, -0.1) is 0 Å². The standard InChI is InChI=1S/C71H100N18O17/c1-8-106-70(104)44(5)79-57(93)35-77-65(99)53(32-46-19-12-9-13-20-46)85-68(102)54(33-48-34-75-41-78-48)86-66(100)51(25-18-28-76-71(73)74)84-67(101)52(31-42(2)3)82-62-61(63(62)97)50(26-27-56(72)92)83-64(98)43(4)80-69(103)55(40-90)81-58(94)37-89(49-23-16-11-17-24-49)60(96)39-88(36-47-21-14-10-15-22-47)59(95)38-87(45(6)91)29-30-105-7/h9-17,19-24,34,41-44,50-55,61-62,82,90H,8,18,25-33,35-40H2,1-7H3,(H2,72,92)(H,75,78)(H,77,99)(H,79,93)(H,80,103)(H,81,94)(H,83,98)(H,84,101)(H,85,102)(H,86,100)(H4,73,74,76). The smallest absolute Gasteiger partial charge is 0.328 e. The number of nitrogens with two attached hydrogens (primary N) is 2. The van der Waals surface area contributed by atoms with Crippen LogP contribution in [0.1, 0.15) is 90.5 Å². The summed E-state index contributed by atoms with van der Waals surface area (Å²) in [6, 6.07) is 13.4. The molecule has 0 spiro atoms. The minimum absolute atomic E-state index is 0.0501. The molecule has 1 heterocycles. The van der Waals surface area contributed by atoms with Gasteiger partial charge in [0.2, 0.25) is 70.9 Å². The number of methoxy groups -OCH3 is 1. The van der Waals surface area contributed by atoms with Crippen molar-refractivity contribution in [2.75, 3.05) is 71.1 Å². The highest BCUT2D eigenvalue weighted by molar-refractivity contribution is 6.06. The number of amides is 12. The zero-order valence-corrected chi connectivity index (χ0v) is 60.6. The van der Waals surface area contributed by atoms with Crippen molar-refractivity contribution >= 4 is 94.3 Å². The number of nitrogens with one attached hydrogen (secondary N) is 12. The van der Waals surface area contributed by atoms with Gasteiger partial charge in [0.1, 0.15) is 49.3 Å². The summed E-state index contributed by atoms with van der Waals surface area (Å²) >= 11 is 0. The molecule has 35 nitrogen and oxygen atoms in total. The van der Waals surface area contributed by atoms with E-state index in [4.69, 9.17) is 26.4 Å². The lowest BCUT2D eigenvalue weighted by Crippen LogP contribution is -2.59. The first kappa shape index (κ1) is 85.4. The van der Waals surface area contributed by atoms with Crippen LogP contribution in [0.3, 0.4) is 0 Å². The van der Waals surface area contributed by atoms with Crippen LogP contribution in [0.15, 0.2) is 104 Å².